The minimum absolute atomic E-state index is 0.0535. The van der Waals surface area contributed by atoms with Gasteiger partial charge in [-0.25, -0.2) is 0 Å². The summed E-state index contributed by atoms with van der Waals surface area (Å²) in [6.07, 6.45) is 2.20. The summed E-state index contributed by atoms with van der Waals surface area (Å²) in [5, 5.41) is 18.2. The Labute approximate surface area is 88.3 Å². The molecule has 0 aromatic carbocycles. The zero-order valence-corrected chi connectivity index (χ0v) is 9.03. The normalized spacial score (nSPS) is 22.5. The van der Waals surface area contributed by atoms with Crippen molar-refractivity contribution in [2.75, 3.05) is 6.54 Å². The van der Waals surface area contributed by atoms with E-state index in [1.807, 2.05) is 13.8 Å². The molecule has 15 heavy (non-hydrogen) atoms. The lowest BCUT2D eigenvalue weighted by molar-refractivity contribution is -0.121. The van der Waals surface area contributed by atoms with Gasteiger partial charge in [-0.2, -0.15) is 20.5 Å². The summed E-state index contributed by atoms with van der Waals surface area (Å²) in [6, 6.07) is 0. The molecule has 1 amide bonds. The van der Waals surface area contributed by atoms with Gasteiger partial charge >= 0.3 is 0 Å². The number of nitrogens with zero attached hydrogens (tertiary/aromatic N) is 4. The van der Waals surface area contributed by atoms with E-state index >= 15 is 0 Å². The molecule has 0 aliphatic carbocycles. The van der Waals surface area contributed by atoms with Crippen molar-refractivity contribution in [3.63, 3.8) is 0 Å². The van der Waals surface area contributed by atoms with E-state index in [9.17, 15) is 4.79 Å². The van der Waals surface area contributed by atoms with Gasteiger partial charge in [0.1, 0.15) is 0 Å². The van der Waals surface area contributed by atoms with Crippen LogP contribution >= 0.6 is 0 Å². The van der Waals surface area contributed by atoms with Crippen molar-refractivity contribution in [2.24, 2.45) is 20.5 Å². The second-order valence-corrected chi connectivity index (χ2v) is 4.46. The first-order valence-corrected chi connectivity index (χ1v) is 5.16. The van der Waals surface area contributed by atoms with Gasteiger partial charge in [-0.05, 0) is 26.7 Å². The molecule has 0 bridgehead atoms. The summed E-state index contributed by atoms with van der Waals surface area (Å²) in [5.41, 5.74) is -0.532. The standard InChI is InChI=1S/C9H15N5O/c1-8(11-12-8)5-3-4-7(15)10-6-9(2)13-14-9/h3-6H2,1-2H3,(H,10,15). The highest BCUT2D eigenvalue weighted by molar-refractivity contribution is 5.75. The van der Waals surface area contributed by atoms with Crippen molar-refractivity contribution in [3.05, 3.63) is 0 Å². The second kappa shape index (κ2) is 3.36. The number of hydrogen-bond donors (Lipinski definition) is 1. The Morgan fingerprint density at radius 3 is 2.27 bits per heavy atom. The third kappa shape index (κ3) is 3.07. The van der Waals surface area contributed by atoms with Crippen molar-refractivity contribution in [3.8, 4) is 0 Å². The Kier molecular flexibility index (Phi) is 2.28. The molecule has 1 N–H and O–H groups in total. The summed E-state index contributed by atoms with van der Waals surface area (Å²) < 4.78 is 0. The molecule has 2 heterocycles. The van der Waals surface area contributed by atoms with Gasteiger partial charge in [0, 0.05) is 6.42 Å². The van der Waals surface area contributed by atoms with Gasteiger partial charge in [-0.15, -0.1) is 0 Å². The molecule has 2 rings (SSSR count). The van der Waals surface area contributed by atoms with Crippen LogP contribution in [0.2, 0.25) is 0 Å². The number of amides is 1. The molecule has 2 aliphatic rings. The van der Waals surface area contributed by atoms with Crippen LogP contribution in [-0.4, -0.2) is 23.8 Å². The molecular formula is C9H15N5O. The Bertz CT molecular complexity index is 323. The van der Waals surface area contributed by atoms with E-state index in [2.05, 4.69) is 25.8 Å². The average molecular weight is 209 g/mol. The molecule has 0 saturated carbocycles. The molecule has 0 saturated heterocycles. The van der Waals surface area contributed by atoms with E-state index in [-0.39, 0.29) is 17.2 Å². The van der Waals surface area contributed by atoms with Gasteiger partial charge in [0.15, 0.2) is 5.66 Å². The summed E-state index contributed by atoms with van der Waals surface area (Å²) in [4.78, 5) is 11.4. The highest BCUT2D eigenvalue weighted by Crippen LogP contribution is 2.32. The van der Waals surface area contributed by atoms with Gasteiger partial charge in [0.2, 0.25) is 11.6 Å². The van der Waals surface area contributed by atoms with E-state index in [0.29, 0.717) is 13.0 Å². The van der Waals surface area contributed by atoms with Gasteiger partial charge in [0.25, 0.3) is 0 Å². The molecule has 2 aliphatic heterocycles. The molecule has 0 radical (unpaired) electrons. The number of nitrogens with one attached hydrogen (secondary N) is 1. The van der Waals surface area contributed by atoms with Crippen molar-refractivity contribution in [1.29, 1.82) is 0 Å². The predicted molar refractivity (Wildman–Crippen MR) is 53.4 cm³/mol. The van der Waals surface area contributed by atoms with Gasteiger partial charge in [-0.3, -0.25) is 4.79 Å². The highest BCUT2D eigenvalue weighted by Gasteiger charge is 2.34. The molecule has 0 aromatic heterocycles. The Hall–Kier alpha value is -1.33. The number of hydrogen-bond acceptors (Lipinski definition) is 5. The molecule has 0 unspecified atom stereocenters. The first-order valence-electron chi connectivity index (χ1n) is 5.16. The minimum Gasteiger partial charge on any atom is -0.352 e. The topological polar surface area (TPSA) is 78.5 Å². The Balaban J connectivity index is 1.52. The molecule has 0 atom stereocenters. The lowest BCUT2D eigenvalue weighted by Gasteiger charge is -2.07. The quantitative estimate of drug-likeness (QED) is 0.709. The van der Waals surface area contributed by atoms with Gasteiger partial charge in [0.05, 0.1) is 6.54 Å². The lowest BCUT2D eigenvalue weighted by atomic mass is 10.1. The molecule has 6 heteroatoms. The fourth-order valence-electron chi connectivity index (χ4n) is 1.28. The lowest BCUT2D eigenvalue weighted by Crippen LogP contribution is -2.32. The molecular weight excluding hydrogens is 194 g/mol. The maximum Gasteiger partial charge on any atom is 0.220 e. The first-order chi connectivity index (χ1) is 7.02. The Morgan fingerprint density at radius 2 is 1.73 bits per heavy atom. The van der Waals surface area contributed by atoms with E-state index in [1.165, 1.54) is 0 Å². The third-order valence-corrected chi connectivity index (χ3v) is 2.56. The molecule has 0 fully saturated rings. The van der Waals surface area contributed by atoms with Crippen LogP contribution in [0.1, 0.15) is 33.1 Å². The van der Waals surface area contributed by atoms with Gasteiger partial charge in [-0.1, -0.05) is 0 Å². The summed E-state index contributed by atoms with van der Waals surface area (Å²) in [5.74, 6) is 0.0535. The van der Waals surface area contributed by atoms with Crippen LogP contribution < -0.4 is 5.32 Å². The molecule has 0 spiro atoms. The van der Waals surface area contributed by atoms with Crippen molar-refractivity contribution in [2.45, 2.75) is 44.4 Å². The fraction of sp³-hybridized carbons (Fsp3) is 0.889. The van der Waals surface area contributed by atoms with Crippen LogP contribution in [-0.2, 0) is 4.79 Å². The monoisotopic (exact) mass is 209 g/mol. The van der Waals surface area contributed by atoms with Crippen molar-refractivity contribution in [1.82, 2.24) is 5.32 Å². The number of carbonyl (C=O) groups is 1. The van der Waals surface area contributed by atoms with Crippen LogP contribution in [0.15, 0.2) is 20.5 Å². The average Bonchev–Trinajstić information content (AvgIpc) is 3.06. The molecule has 82 valence electrons. The molecule has 0 aromatic rings. The highest BCUT2D eigenvalue weighted by atomic mass is 16.1. The van der Waals surface area contributed by atoms with E-state index in [0.717, 1.165) is 12.8 Å². The van der Waals surface area contributed by atoms with E-state index < -0.39 is 0 Å². The summed E-state index contributed by atoms with van der Waals surface area (Å²) in [6.45, 7) is 4.36. The molecule has 6 nitrogen and oxygen atoms in total. The van der Waals surface area contributed by atoms with Crippen LogP contribution in [0.4, 0.5) is 0 Å². The maximum absolute atomic E-state index is 11.4. The first kappa shape index (κ1) is 10.2. The fourth-order valence-corrected chi connectivity index (χ4v) is 1.28. The number of rotatable bonds is 6. The van der Waals surface area contributed by atoms with Crippen LogP contribution in [0.5, 0.6) is 0 Å². The number of carbonyl (C=O) groups excluding carboxylic acids is 1. The second-order valence-electron chi connectivity index (χ2n) is 4.46. The van der Waals surface area contributed by atoms with Crippen molar-refractivity contribution >= 4 is 5.91 Å². The third-order valence-electron chi connectivity index (χ3n) is 2.56. The SMILES string of the molecule is CC1(CCCC(=O)NCC2(C)N=N2)N=N1. The van der Waals surface area contributed by atoms with E-state index in [4.69, 9.17) is 0 Å². The summed E-state index contributed by atoms with van der Waals surface area (Å²) >= 11 is 0. The largest absolute Gasteiger partial charge is 0.352 e. The van der Waals surface area contributed by atoms with Crippen LogP contribution in [0.3, 0.4) is 0 Å². The Morgan fingerprint density at radius 1 is 1.13 bits per heavy atom. The maximum atomic E-state index is 11.4. The van der Waals surface area contributed by atoms with Crippen LogP contribution in [0.25, 0.3) is 0 Å². The van der Waals surface area contributed by atoms with Gasteiger partial charge < -0.3 is 5.32 Å². The summed E-state index contributed by atoms with van der Waals surface area (Å²) in [7, 11) is 0. The van der Waals surface area contributed by atoms with Crippen LogP contribution in [0, 0.1) is 0 Å². The predicted octanol–water partition coefficient (Wildman–Crippen LogP) is 1.64. The minimum atomic E-state index is -0.344. The smallest absolute Gasteiger partial charge is 0.220 e. The zero-order chi connectivity index (χ0) is 10.9. The van der Waals surface area contributed by atoms with E-state index in [1.54, 1.807) is 0 Å². The zero-order valence-electron chi connectivity index (χ0n) is 9.03. The van der Waals surface area contributed by atoms with Crippen molar-refractivity contribution < 1.29 is 4.79 Å².